The third kappa shape index (κ3) is 4.97. The van der Waals surface area contributed by atoms with Crippen molar-refractivity contribution in [1.82, 2.24) is 4.98 Å². The molecule has 3 aromatic carbocycles. The number of methoxy groups -OCH3 is 1. The molecule has 4 aromatic rings. The van der Waals surface area contributed by atoms with E-state index in [0.29, 0.717) is 21.9 Å². The van der Waals surface area contributed by atoms with Crippen molar-refractivity contribution in [2.45, 2.75) is 11.9 Å². The van der Waals surface area contributed by atoms with Gasteiger partial charge >= 0.3 is 0 Å². The van der Waals surface area contributed by atoms with Gasteiger partial charge in [0.15, 0.2) is 5.78 Å². The minimum Gasteiger partial charge on any atom is -0.496 e. The van der Waals surface area contributed by atoms with E-state index in [2.05, 4.69) is 6.07 Å². The van der Waals surface area contributed by atoms with Gasteiger partial charge in [-0.15, -0.1) is 0 Å². The SMILES string of the molecule is COc1ccccc1-c1cc(-c2ccccc2)nc(SCC(=O)c2ccc(C)cc2)c1C#N. The van der Waals surface area contributed by atoms with Crippen LogP contribution in [-0.2, 0) is 0 Å². The summed E-state index contributed by atoms with van der Waals surface area (Å²) in [6.45, 7) is 1.99. The van der Waals surface area contributed by atoms with E-state index in [9.17, 15) is 10.1 Å². The van der Waals surface area contributed by atoms with Crippen LogP contribution in [0.1, 0.15) is 21.5 Å². The molecule has 162 valence electrons. The van der Waals surface area contributed by atoms with Crippen LogP contribution in [0.3, 0.4) is 0 Å². The van der Waals surface area contributed by atoms with E-state index in [0.717, 1.165) is 27.9 Å². The first kappa shape index (κ1) is 22.3. The molecule has 0 spiro atoms. The smallest absolute Gasteiger partial charge is 0.173 e. The van der Waals surface area contributed by atoms with Gasteiger partial charge in [-0.1, -0.05) is 90.1 Å². The summed E-state index contributed by atoms with van der Waals surface area (Å²) in [5.74, 6) is 0.856. The van der Waals surface area contributed by atoms with E-state index in [1.54, 1.807) is 7.11 Å². The first-order chi connectivity index (χ1) is 16.1. The van der Waals surface area contributed by atoms with E-state index >= 15 is 0 Å². The highest BCUT2D eigenvalue weighted by molar-refractivity contribution is 8.00. The van der Waals surface area contributed by atoms with Gasteiger partial charge in [-0.25, -0.2) is 4.98 Å². The lowest BCUT2D eigenvalue weighted by atomic mass is 9.98. The Hall–Kier alpha value is -3.88. The van der Waals surface area contributed by atoms with Crippen LogP contribution >= 0.6 is 11.8 Å². The van der Waals surface area contributed by atoms with Crippen LogP contribution in [0, 0.1) is 18.3 Å². The van der Waals surface area contributed by atoms with Gasteiger partial charge < -0.3 is 4.74 Å². The fourth-order valence-corrected chi connectivity index (χ4v) is 4.42. The molecule has 0 N–H and O–H groups in total. The Labute approximate surface area is 197 Å². The molecule has 33 heavy (non-hydrogen) atoms. The van der Waals surface area contributed by atoms with Gasteiger partial charge in [0.1, 0.15) is 16.8 Å². The molecule has 0 saturated carbocycles. The molecule has 4 rings (SSSR count). The molecular weight excluding hydrogens is 428 g/mol. The maximum Gasteiger partial charge on any atom is 0.173 e. The van der Waals surface area contributed by atoms with E-state index in [1.165, 1.54) is 11.8 Å². The van der Waals surface area contributed by atoms with E-state index in [4.69, 9.17) is 9.72 Å². The van der Waals surface area contributed by atoms with Crippen LogP contribution < -0.4 is 4.74 Å². The number of hydrogen-bond acceptors (Lipinski definition) is 5. The molecule has 0 saturated heterocycles. The highest BCUT2D eigenvalue weighted by Gasteiger charge is 2.19. The van der Waals surface area contributed by atoms with Crippen LogP contribution in [-0.4, -0.2) is 23.6 Å². The van der Waals surface area contributed by atoms with Crippen molar-refractivity contribution >= 4 is 17.5 Å². The van der Waals surface area contributed by atoms with Gasteiger partial charge in [0.05, 0.1) is 24.1 Å². The monoisotopic (exact) mass is 450 g/mol. The number of aromatic nitrogens is 1. The Kier molecular flexibility index (Phi) is 6.87. The number of pyridine rings is 1. The Morgan fingerprint density at radius 2 is 1.67 bits per heavy atom. The first-order valence-corrected chi connectivity index (χ1v) is 11.5. The lowest BCUT2D eigenvalue weighted by Gasteiger charge is -2.14. The van der Waals surface area contributed by atoms with Crippen molar-refractivity contribution in [3.8, 4) is 34.2 Å². The zero-order valence-electron chi connectivity index (χ0n) is 18.4. The number of nitrogens with zero attached hydrogens (tertiary/aromatic N) is 2. The predicted octanol–water partition coefficient (Wildman–Crippen LogP) is 6.58. The summed E-state index contributed by atoms with van der Waals surface area (Å²) in [6, 6.07) is 29.1. The van der Waals surface area contributed by atoms with E-state index < -0.39 is 0 Å². The lowest BCUT2D eigenvalue weighted by molar-refractivity contribution is 0.102. The summed E-state index contributed by atoms with van der Waals surface area (Å²) >= 11 is 1.29. The molecule has 0 atom stereocenters. The number of thioether (sulfide) groups is 1. The second kappa shape index (κ2) is 10.2. The van der Waals surface area contributed by atoms with E-state index in [-0.39, 0.29) is 11.5 Å². The molecule has 0 radical (unpaired) electrons. The molecule has 1 aromatic heterocycles. The minimum atomic E-state index is -0.00496. The van der Waals surface area contributed by atoms with Crippen molar-refractivity contribution in [3.63, 3.8) is 0 Å². The van der Waals surface area contributed by atoms with E-state index in [1.807, 2.05) is 91.9 Å². The summed E-state index contributed by atoms with van der Waals surface area (Å²) in [5, 5.41) is 10.6. The summed E-state index contributed by atoms with van der Waals surface area (Å²) in [4.78, 5) is 17.6. The molecule has 0 aliphatic heterocycles. The molecule has 1 heterocycles. The number of carbonyl (C=O) groups is 1. The largest absolute Gasteiger partial charge is 0.496 e. The Bertz CT molecular complexity index is 1330. The number of ketones is 1. The molecule has 0 amide bonds. The van der Waals surface area contributed by atoms with Crippen LogP contribution in [0.15, 0.2) is 90.0 Å². The third-order valence-electron chi connectivity index (χ3n) is 5.28. The van der Waals surface area contributed by atoms with Crippen LogP contribution in [0.5, 0.6) is 5.75 Å². The van der Waals surface area contributed by atoms with Gasteiger partial charge in [-0.05, 0) is 19.1 Å². The summed E-state index contributed by atoms with van der Waals surface area (Å²) in [6.07, 6.45) is 0. The maximum absolute atomic E-state index is 12.8. The Balaban J connectivity index is 1.79. The van der Waals surface area contributed by atoms with Gasteiger partial charge in [-0.3, -0.25) is 4.79 Å². The lowest BCUT2D eigenvalue weighted by Crippen LogP contribution is -2.04. The topological polar surface area (TPSA) is 63.0 Å². The second-order valence-corrected chi connectivity index (χ2v) is 8.46. The zero-order valence-corrected chi connectivity index (χ0v) is 19.2. The number of benzene rings is 3. The zero-order chi connectivity index (χ0) is 23.2. The van der Waals surface area contributed by atoms with Gasteiger partial charge in [0.25, 0.3) is 0 Å². The molecule has 0 unspecified atom stereocenters. The highest BCUT2D eigenvalue weighted by atomic mass is 32.2. The number of ether oxygens (including phenoxy) is 1. The van der Waals surface area contributed by atoms with Gasteiger partial charge in [-0.2, -0.15) is 5.26 Å². The normalized spacial score (nSPS) is 10.5. The standard InChI is InChI=1S/C28H22N2O2S/c1-19-12-14-21(15-13-19)26(31)18-33-28-24(17-29)23(22-10-6-7-11-27(22)32-2)16-25(30-28)20-8-4-3-5-9-20/h3-16H,18H2,1-2H3. The average molecular weight is 451 g/mol. The van der Waals surface area contributed by atoms with Crippen LogP contribution in [0.4, 0.5) is 0 Å². The number of nitriles is 1. The van der Waals surface area contributed by atoms with Crippen molar-refractivity contribution in [2.75, 3.05) is 12.9 Å². The molecule has 0 bridgehead atoms. The third-order valence-corrected chi connectivity index (χ3v) is 6.25. The molecule has 5 heteroatoms. The van der Waals surface area contributed by atoms with Crippen molar-refractivity contribution in [2.24, 2.45) is 0 Å². The fourth-order valence-electron chi connectivity index (χ4n) is 3.53. The summed E-state index contributed by atoms with van der Waals surface area (Å²) in [7, 11) is 1.61. The maximum atomic E-state index is 12.8. The summed E-state index contributed by atoms with van der Waals surface area (Å²) in [5.41, 5.74) is 5.39. The van der Waals surface area contributed by atoms with Crippen molar-refractivity contribution in [3.05, 3.63) is 102 Å². The Morgan fingerprint density at radius 1 is 0.970 bits per heavy atom. The number of Topliss-reactive ketones (excluding diaryl/α,β-unsaturated/α-hetero) is 1. The number of carbonyl (C=O) groups excluding carboxylic acids is 1. The van der Waals surface area contributed by atoms with Crippen LogP contribution in [0.25, 0.3) is 22.4 Å². The van der Waals surface area contributed by atoms with Crippen molar-refractivity contribution in [1.29, 1.82) is 5.26 Å². The first-order valence-electron chi connectivity index (χ1n) is 10.5. The fraction of sp³-hybridized carbons (Fsp3) is 0.107. The number of hydrogen-bond donors (Lipinski definition) is 0. The number of rotatable bonds is 7. The predicted molar refractivity (Wildman–Crippen MR) is 133 cm³/mol. The molecular formula is C28H22N2O2S. The van der Waals surface area contributed by atoms with Gasteiger partial charge in [0, 0.05) is 22.3 Å². The summed E-state index contributed by atoms with van der Waals surface area (Å²) < 4.78 is 5.56. The van der Waals surface area contributed by atoms with Gasteiger partial charge in [0.2, 0.25) is 0 Å². The highest BCUT2D eigenvalue weighted by Crippen LogP contribution is 2.38. The minimum absolute atomic E-state index is 0.00496. The molecule has 0 aliphatic rings. The molecule has 0 fully saturated rings. The Morgan fingerprint density at radius 3 is 2.36 bits per heavy atom. The molecule has 0 aliphatic carbocycles. The average Bonchev–Trinajstić information content (AvgIpc) is 2.87. The van der Waals surface area contributed by atoms with Crippen molar-refractivity contribution < 1.29 is 9.53 Å². The quantitative estimate of drug-likeness (QED) is 0.235. The van der Waals surface area contributed by atoms with Crippen LogP contribution in [0.2, 0.25) is 0 Å². The number of para-hydroxylation sites is 1. The molecule has 4 nitrogen and oxygen atoms in total. The number of aryl methyl sites for hydroxylation is 1. The second-order valence-electron chi connectivity index (χ2n) is 7.49.